The van der Waals surface area contributed by atoms with Crippen LogP contribution >= 0.6 is 12.6 Å². The zero-order chi connectivity index (χ0) is 18.6. The number of thiol groups is 1. The summed E-state index contributed by atoms with van der Waals surface area (Å²) in [4.78, 5) is 4.83. The van der Waals surface area contributed by atoms with E-state index >= 15 is 0 Å². The van der Waals surface area contributed by atoms with Crippen LogP contribution in [0.3, 0.4) is 0 Å². The number of nitrogens with one attached hydrogen (secondary N) is 1. The highest BCUT2D eigenvalue weighted by atomic mass is 32.1. The van der Waals surface area contributed by atoms with Crippen LogP contribution in [-0.2, 0) is 6.42 Å². The number of piperazine rings is 1. The number of rotatable bonds is 4. The lowest BCUT2D eigenvalue weighted by Crippen LogP contribution is -2.52. The summed E-state index contributed by atoms with van der Waals surface area (Å²) in [7, 11) is 0. The van der Waals surface area contributed by atoms with E-state index in [-0.39, 0.29) is 5.50 Å². The molecule has 27 heavy (non-hydrogen) atoms. The molecule has 4 nitrogen and oxygen atoms in total. The molecule has 1 fully saturated rings. The van der Waals surface area contributed by atoms with Crippen molar-refractivity contribution in [1.82, 2.24) is 10.2 Å². The zero-order valence-corrected chi connectivity index (χ0v) is 16.7. The third-order valence-electron chi connectivity index (χ3n) is 5.27. The Hall–Kier alpha value is -2.11. The number of aryl methyl sites for hydroxylation is 1. The Kier molecular flexibility index (Phi) is 5.60. The van der Waals surface area contributed by atoms with Crippen molar-refractivity contribution in [2.24, 2.45) is 0 Å². The second kappa shape index (κ2) is 8.28. The third-order valence-corrected chi connectivity index (χ3v) is 5.74. The number of hydrogen-bond acceptors (Lipinski definition) is 5. The van der Waals surface area contributed by atoms with E-state index in [0.717, 1.165) is 38.3 Å². The summed E-state index contributed by atoms with van der Waals surface area (Å²) >= 11 is 4.77. The summed E-state index contributed by atoms with van der Waals surface area (Å²) in [5.41, 5.74) is 5.16. The van der Waals surface area contributed by atoms with Gasteiger partial charge in [0.1, 0.15) is 17.9 Å². The summed E-state index contributed by atoms with van der Waals surface area (Å²) < 4.78 is 5.83. The summed E-state index contributed by atoms with van der Waals surface area (Å²) in [6, 6.07) is 17.0. The van der Waals surface area contributed by atoms with Gasteiger partial charge >= 0.3 is 0 Å². The Morgan fingerprint density at radius 2 is 1.89 bits per heavy atom. The first-order valence-electron chi connectivity index (χ1n) is 9.57. The number of nitrogens with zero attached hydrogens (tertiary/aromatic N) is 2. The lowest BCUT2D eigenvalue weighted by molar-refractivity contribution is 0.228. The lowest BCUT2D eigenvalue weighted by Gasteiger charge is -2.38. The third kappa shape index (κ3) is 4.42. The first-order chi connectivity index (χ1) is 13.2. The maximum Gasteiger partial charge on any atom is 0.125 e. The van der Waals surface area contributed by atoms with Gasteiger partial charge in [-0.25, -0.2) is 0 Å². The molecule has 1 N–H and O–H groups in total. The van der Waals surface area contributed by atoms with Crippen LogP contribution in [0.2, 0.25) is 0 Å². The molecule has 2 aliphatic heterocycles. The van der Waals surface area contributed by atoms with E-state index in [2.05, 4.69) is 64.6 Å². The molecule has 2 aromatic carbocycles. The predicted octanol–water partition coefficient (Wildman–Crippen LogP) is 3.44. The van der Waals surface area contributed by atoms with Crippen molar-refractivity contribution in [3.63, 3.8) is 0 Å². The Bertz CT molecular complexity index is 815. The van der Waals surface area contributed by atoms with Crippen LogP contribution in [0.25, 0.3) is 0 Å². The van der Waals surface area contributed by atoms with Crippen molar-refractivity contribution in [1.29, 1.82) is 0 Å². The minimum Gasteiger partial charge on any atom is -0.489 e. The van der Waals surface area contributed by atoms with Gasteiger partial charge in [-0.15, -0.1) is 12.6 Å². The molecular weight excluding hydrogens is 354 g/mol. The first kappa shape index (κ1) is 18.3. The van der Waals surface area contributed by atoms with Crippen LogP contribution in [0.15, 0.2) is 60.3 Å². The van der Waals surface area contributed by atoms with E-state index < -0.39 is 0 Å². The van der Waals surface area contributed by atoms with E-state index in [0.29, 0.717) is 6.61 Å². The largest absolute Gasteiger partial charge is 0.489 e. The molecule has 0 amide bonds. The topological polar surface area (TPSA) is 27.7 Å². The van der Waals surface area contributed by atoms with Crippen LogP contribution in [-0.4, -0.2) is 43.2 Å². The molecule has 4 rings (SSSR count). The summed E-state index contributed by atoms with van der Waals surface area (Å²) in [6.45, 7) is 6.83. The van der Waals surface area contributed by atoms with Crippen LogP contribution in [0.4, 0.5) is 5.69 Å². The fourth-order valence-electron chi connectivity index (χ4n) is 3.70. The fourth-order valence-corrected chi connectivity index (χ4v) is 4.00. The van der Waals surface area contributed by atoms with Gasteiger partial charge in [-0.3, -0.25) is 4.90 Å². The molecule has 0 bridgehead atoms. The molecule has 0 spiro atoms. The van der Waals surface area contributed by atoms with Gasteiger partial charge in [0, 0.05) is 44.5 Å². The van der Waals surface area contributed by atoms with Gasteiger partial charge in [-0.1, -0.05) is 30.3 Å². The Balaban J connectivity index is 1.29. The Morgan fingerprint density at radius 1 is 1.07 bits per heavy atom. The lowest BCUT2D eigenvalue weighted by atomic mass is 10.0. The Labute approximate surface area is 167 Å². The minimum atomic E-state index is 0.0225. The molecule has 1 unspecified atom stereocenters. The second-order valence-electron chi connectivity index (χ2n) is 7.28. The van der Waals surface area contributed by atoms with Gasteiger partial charge in [-0.05, 0) is 41.8 Å². The summed E-state index contributed by atoms with van der Waals surface area (Å²) in [5, 5.41) is 3.45. The van der Waals surface area contributed by atoms with Crippen LogP contribution in [0.1, 0.15) is 11.1 Å². The van der Waals surface area contributed by atoms with E-state index in [1.54, 1.807) is 0 Å². The number of ether oxygens (including phenoxy) is 1. The molecule has 1 saturated heterocycles. The molecule has 2 heterocycles. The molecule has 142 valence electrons. The molecular formula is C22H27N3OS. The molecule has 0 radical (unpaired) electrons. The number of benzene rings is 2. The highest BCUT2D eigenvalue weighted by molar-refractivity contribution is 7.80. The number of anilines is 1. The van der Waals surface area contributed by atoms with Crippen molar-refractivity contribution >= 4 is 18.3 Å². The number of para-hydroxylation sites is 1. The maximum absolute atomic E-state index is 5.83. The van der Waals surface area contributed by atoms with Crippen molar-refractivity contribution < 1.29 is 4.74 Å². The monoisotopic (exact) mass is 381 g/mol. The van der Waals surface area contributed by atoms with E-state index in [1.165, 1.54) is 22.4 Å². The smallest absolute Gasteiger partial charge is 0.125 e. The second-order valence-corrected chi connectivity index (χ2v) is 7.77. The highest BCUT2D eigenvalue weighted by Gasteiger charge is 2.21. The molecule has 1 atom stereocenters. The highest BCUT2D eigenvalue weighted by Crippen LogP contribution is 2.26. The molecule has 2 aromatic rings. The summed E-state index contributed by atoms with van der Waals surface area (Å²) in [6.07, 6.45) is 3.02. The molecule has 0 saturated carbocycles. The number of hydrogen-bond donors (Lipinski definition) is 2. The Morgan fingerprint density at radius 3 is 2.70 bits per heavy atom. The minimum absolute atomic E-state index is 0.0225. The van der Waals surface area contributed by atoms with Crippen molar-refractivity contribution in [3.05, 3.63) is 71.4 Å². The van der Waals surface area contributed by atoms with E-state index in [9.17, 15) is 0 Å². The SMILES string of the molecule is Cc1cccc(N2CCN(C(S)N/C=C3/COc4ccccc4C3)CC2)c1. The maximum atomic E-state index is 5.83. The standard InChI is InChI=1S/C22H27N3OS/c1-17-5-4-7-20(13-17)24-9-11-25(12-10-24)22(27)23-15-18-14-19-6-2-3-8-21(19)26-16-18/h2-8,13,15,22-23,27H,9-12,14,16H2,1H3/b18-15+. The van der Waals surface area contributed by atoms with Gasteiger partial charge in [0.15, 0.2) is 0 Å². The van der Waals surface area contributed by atoms with Gasteiger partial charge in [0.25, 0.3) is 0 Å². The average Bonchev–Trinajstić information content (AvgIpc) is 2.72. The quantitative estimate of drug-likeness (QED) is 0.627. The van der Waals surface area contributed by atoms with Crippen LogP contribution in [0, 0.1) is 6.92 Å². The van der Waals surface area contributed by atoms with E-state index in [4.69, 9.17) is 17.4 Å². The van der Waals surface area contributed by atoms with Crippen molar-refractivity contribution in [3.8, 4) is 5.75 Å². The normalized spacial score (nSPS) is 20.1. The van der Waals surface area contributed by atoms with E-state index in [1.807, 2.05) is 12.1 Å². The zero-order valence-electron chi connectivity index (χ0n) is 15.8. The van der Waals surface area contributed by atoms with Gasteiger partial charge in [0.05, 0.1) is 0 Å². The fraction of sp³-hybridized carbons (Fsp3) is 0.364. The molecule has 0 aromatic heterocycles. The average molecular weight is 382 g/mol. The number of fused-ring (bicyclic) bond motifs is 1. The van der Waals surface area contributed by atoms with Crippen molar-refractivity contribution in [2.75, 3.05) is 37.7 Å². The van der Waals surface area contributed by atoms with Crippen LogP contribution in [0.5, 0.6) is 5.75 Å². The predicted molar refractivity (Wildman–Crippen MR) is 115 cm³/mol. The van der Waals surface area contributed by atoms with Gasteiger partial charge in [-0.2, -0.15) is 0 Å². The van der Waals surface area contributed by atoms with Gasteiger partial charge < -0.3 is 15.0 Å². The van der Waals surface area contributed by atoms with Crippen LogP contribution < -0.4 is 15.0 Å². The van der Waals surface area contributed by atoms with Crippen molar-refractivity contribution in [2.45, 2.75) is 18.8 Å². The molecule has 5 heteroatoms. The molecule has 2 aliphatic rings. The first-order valence-corrected chi connectivity index (χ1v) is 10.1. The summed E-state index contributed by atoms with van der Waals surface area (Å²) in [5.74, 6) is 1.00. The van der Waals surface area contributed by atoms with Gasteiger partial charge in [0.2, 0.25) is 0 Å². The molecule has 0 aliphatic carbocycles.